The van der Waals surface area contributed by atoms with Gasteiger partial charge in [0.05, 0.1) is 5.52 Å². The van der Waals surface area contributed by atoms with E-state index in [-0.39, 0.29) is 0 Å². The summed E-state index contributed by atoms with van der Waals surface area (Å²) in [5.41, 5.74) is 1.06. The minimum absolute atomic E-state index is 0.991. The molecule has 0 saturated heterocycles. The molecular weight excluding hydrogens is 241 g/mol. The van der Waals surface area contributed by atoms with Crippen molar-refractivity contribution in [1.82, 2.24) is 14.6 Å². The molecule has 0 fully saturated rings. The Hall–Kier alpha value is -0.650. The van der Waals surface area contributed by atoms with Gasteiger partial charge in [-0.1, -0.05) is 0 Å². The van der Waals surface area contributed by atoms with Crippen LogP contribution in [0.5, 0.6) is 0 Å². The number of rotatable bonds is 0. The Balaban J connectivity index is 2.93. The first-order valence-electron chi connectivity index (χ1n) is 2.82. The predicted molar refractivity (Wildman–Crippen MR) is 45.7 cm³/mol. The molecule has 2 rings (SSSR count). The standard InChI is InChI=1S/C6H4IN3/c7-6-5-2-1-3-9-10(5)4-8-6/h1-4H. The molecular formula is C6H4IN3. The highest BCUT2D eigenvalue weighted by molar-refractivity contribution is 14.1. The third kappa shape index (κ3) is 0.792. The monoisotopic (exact) mass is 245 g/mol. The summed E-state index contributed by atoms with van der Waals surface area (Å²) in [4.78, 5) is 4.08. The van der Waals surface area contributed by atoms with Crippen LogP contribution < -0.4 is 0 Å². The first-order chi connectivity index (χ1) is 4.88. The second-order valence-electron chi connectivity index (χ2n) is 1.89. The topological polar surface area (TPSA) is 30.2 Å². The number of halogens is 1. The van der Waals surface area contributed by atoms with Crippen molar-refractivity contribution >= 4 is 28.1 Å². The van der Waals surface area contributed by atoms with E-state index in [0.717, 1.165) is 9.22 Å². The molecule has 0 aromatic carbocycles. The summed E-state index contributed by atoms with van der Waals surface area (Å²) < 4.78 is 2.74. The molecule has 0 aliphatic heterocycles. The van der Waals surface area contributed by atoms with E-state index < -0.39 is 0 Å². The summed E-state index contributed by atoms with van der Waals surface area (Å²) in [7, 11) is 0. The van der Waals surface area contributed by atoms with E-state index in [4.69, 9.17) is 0 Å². The molecule has 4 heteroatoms. The first kappa shape index (κ1) is 6.09. The number of hydrogen-bond donors (Lipinski definition) is 0. The zero-order chi connectivity index (χ0) is 6.97. The highest BCUT2D eigenvalue weighted by Crippen LogP contribution is 2.08. The smallest absolute Gasteiger partial charge is 0.128 e. The molecule has 0 N–H and O–H groups in total. The van der Waals surface area contributed by atoms with Gasteiger partial charge in [0.2, 0.25) is 0 Å². The van der Waals surface area contributed by atoms with Gasteiger partial charge < -0.3 is 0 Å². The van der Waals surface area contributed by atoms with Crippen LogP contribution in [-0.4, -0.2) is 14.6 Å². The molecule has 50 valence electrons. The maximum Gasteiger partial charge on any atom is 0.128 e. The van der Waals surface area contributed by atoms with Crippen molar-refractivity contribution in [2.75, 3.05) is 0 Å². The lowest BCUT2D eigenvalue weighted by Gasteiger charge is -1.87. The van der Waals surface area contributed by atoms with Crippen LogP contribution in [-0.2, 0) is 0 Å². The summed E-state index contributed by atoms with van der Waals surface area (Å²) in [5.74, 6) is 0. The number of nitrogens with zero attached hydrogens (tertiary/aromatic N) is 3. The highest BCUT2D eigenvalue weighted by Gasteiger charge is 1.97. The second-order valence-corrected chi connectivity index (χ2v) is 2.91. The Bertz CT molecular complexity index is 355. The van der Waals surface area contributed by atoms with Gasteiger partial charge in [-0.15, -0.1) is 0 Å². The molecule has 0 bridgehead atoms. The summed E-state index contributed by atoms with van der Waals surface area (Å²) >= 11 is 2.18. The molecule has 0 amide bonds. The Morgan fingerprint density at radius 3 is 3.20 bits per heavy atom. The summed E-state index contributed by atoms with van der Waals surface area (Å²) in [6.07, 6.45) is 3.45. The lowest BCUT2D eigenvalue weighted by atomic mass is 10.5. The molecule has 3 nitrogen and oxygen atoms in total. The van der Waals surface area contributed by atoms with Crippen LogP contribution in [0.3, 0.4) is 0 Å². The molecule has 10 heavy (non-hydrogen) atoms. The Kier molecular flexibility index (Phi) is 1.33. The van der Waals surface area contributed by atoms with Crippen molar-refractivity contribution in [3.8, 4) is 0 Å². The molecule has 0 aliphatic carbocycles. The largest absolute Gasteiger partial charge is 0.228 e. The lowest BCUT2D eigenvalue weighted by Crippen LogP contribution is -1.85. The zero-order valence-corrected chi connectivity index (χ0v) is 7.19. The van der Waals surface area contributed by atoms with Crippen molar-refractivity contribution in [2.45, 2.75) is 0 Å². The maximum absolute atomic E-state index is 4.08. The van der Waals surface area contributed by atoms with E-state index in [1.54, 1.807) is 17.0 Å². The van der Waals surface area contributed by atoms with Crippen LogP contribution in [0.25, 0.3) is 5.52 Å². The van der Waals surface area contributed by atoms with Crippen LogP contribution in [0.4, 0.5) is 0 Å². The van der Waals surface area contributed by atoms with Crippen LogP contribution in [0.2, 0.25) is 0 Å². The van der Waals surface area contributed by atoms with Gasteiger partial charge in [0.25, 0.3) is 0 Å². The highest BCUT2D eigenvalue weighted by atomic mass is 127. The minimum atomic E-state index is 0.991. The van der Waals surface area contributed by atoms with E-state index in [0.29, 0.717) is 0 Å². The third-order valence-corrected chi connectivity index (χ3v) is 2.10. The van der Waals surface area contributed by atoms with Crippen molar-refractivity contribution < 1.29 is 0 Å². The van der Waals surface area contributed by atoms with E-state index in [9.17, 15) is 0 Å². The van der Waals surface area contributed by atoms with Gasteiger partial charge in [-0.2, -0.15) is 5.10 Å². The molecule has 0 aliphatic rings. The van der Waals surface area contributed by atoms with Crippen molar-refractivity contribution in [3.63, 3.8) is 0 Å². The molecule has 0 saturated carbocycles. The average Bonchev–Trinajstić information content (AvgIpc) is 2.34. The normalized spacial score (nSPS) is 10.5. The predicted octanol–water partition coefficient (Wildman–Crippen LogP) is 1.33. The van der Waals surface area contributed by atoms with Crippen LogP contribution in [0.15, 0.2) is 24.7 Å². The molecule has 2 aromatic heterocycles. The fourth-order valence-electron chi connectivity index (χ4n) is 0.810. The van der Waals surface area contributed by atoms with E-state index in [2.05, 4.69) is 32.7 Å². The van der Waals surface area contributed by atoms with Crippen molar-refractivity contribution in [2.24, 2.45) is 0 Å². The maximum atomic E-state index is 4.08. The molecule has 0 atom stereocenters. The van der Waals surface area contributed by atoms with Gasteiger partial charge >= 0.3 is 0 Å². The van der Waals surface area contributed by atoms with Gasteiger partial charge in [-0.3, -0.25) is 0 Å². The SMILES string of the molecule is Ic1ncn2ncccc12. The first-order valence-corrected chi connectivity index (χ1v) is 3.89. The molecule has 2 heterocycles. The molecule has 0 spiro atoms. The Morgan fingerprint density at radius 2 is 2.40 bits per heavy atom. The summed E-state index contributed by atoms with van der Waals surface area (Å²) in [6.45, 7) is 0. The van der Waals surface area contributed by atoms with Crippen LogP contribution in [0, 0.1) is 3.70 Å². The number of imidazole rings is 1. The van der Waals surface area contributed by atoms with E-state index >= 15 is 0 Å². The van der Waals surface area contributed by atoms with Crippen LogP contribution in [0.1, 0.15) is 0 Å². The third-order valence-electron chi connectivity index (χ3n) is 1.27. The second kappa shape index (κ2) is 2.19. The Labute approximate surface area is 71.2 Å². The Morgan fingerprint density at radius 1 is 1.50 bits per heavy atom. The summed E-state index contributed by atoms with van der Waals surface area (Å²) in [6, 6.07) is 3.89. The molecule has 0 radical (unpaired) electrons. The van der Waals surface area contributed by atoms with Gasteiger partial charge in [-0.25, -0.2) is 9.50 Å². The van der Waals surface area contributed by atoms with E-state index in [1.165, 1.54) is 0 Å². The number of fused-ring (bicyclic) bond motifs is 1. The molecule has 2 aromatic rings. The quantitative estimate of drug-likeness (QED) is 0.655. The van der Waals surface area contributed by atoms with E-state index in [1.807, 2.05) is 12.1 Å². The zero-order valence-electron chi connectivity index (χ0n) is 5.03. The van der Waals surface area contributed by atoms with Crippen molar-refractivity contribution in [3.05, 3.63) is 28.4 Å². The van der Waals surface area contributed by atoms with Crippen LogP contribution >= 0.6 is 22.6 Å². The number of hydrogen-bond acceptors (Lipinski definition) is 2. The van der Waals surface area contributed by atoms with Crippen molar-refractivity contribution in [1.29, 1.82) is 0 Å². The lowest BCUT2D eigenvalue weighted by molar-refractivity contribution is 0.926. The fraction of sp³-hybridized carbons (Fsp3) is 0. The van der Waals surface area contributed by atoms with Gasteiger partial charge in [0.1, 0.15) is 10.0 Å². The minimum Gasteiger partial charge on any atom is -0.228 e. The molecule has 0 unspecified atom stereocenters. The van der Waals surface area contributed by atoms with Gasteiger partial charge in [0, 0.05) is 6.20 Å². The van der Waals surface area contributed by atoms with Gasteiger partial charge in [0.15, 0.2) is 0 Å². The van der Waals surface area contributed by atoms with Gasteiger partial charge in [-0.05, 0) is 34.7 Å². The fourth-order valence-corrected chi connectivity index (χ4v) is 1.36. The average molecular weight is 245 g/mol. The number of aromatic nitrogens is 3. The summed E-state index contributed by atoms with van der Waals surface area (Å²) in [5, 5.41) is 4.05.